The first-order valence-corrected chi connectivity index (χ1v) is 14.9. The van der Waals surface area contributed by atoms with Gasteiger partial charge in [-0.25, -0.2) is 4.79 Å². The van der Waals surface area contributed by atoms with E-state index in [1.165, 1.54) is 12.8 Å². The molecule has 0 radical (unpaired) electrons. The Kier molecular flexibility index (Phi) is 8.67. The van der Waals surface area contributed by atoms with Crippen molar-refractivity contribution in [3.05, 3.63) is 22.8 Å². The SMILES string of the molecule is Cc1cc(NC(=O)OC(C)(C)C)c(O)c(C)c1CCSN1CCC2(CC1)N=C(C1CCC(C)CC1)NC2=O. The molecule has 0 aromatic heterocycles. The van der Waals surface area contributed by atoms with E-state index in [0.717, 1.165) is 79.4 Å². The maximum atomic E-state index is 12.9. The molecule has 1 aromatic carbocycles. The minimum Gasteiger partial charge on any atom is -0.505 e. The fourth-order valence-corrected chi connectivity index (χ4v) is 6.77. The highest BCUT2D eigenvalue weighted by atomic mass is 32.2. The van der Waals surface area contributed by atoms with Crippen molar-refractivity contribution in [2.45, 2.75) is 97.6 Å². The van der Waals surface area contributed by atoms with Gasteiger partial charge in [0, 0.05) is 24.8 Å². The van der Waals surface area contributed by atoms with E-state index in [1.807, 2.05) is 13.8 Å². The lowest BCUT2D eigenvalue weighted by Gasteiger charge is -2.34. The Balaban J connectivity index is 1.29. The number of aliphatic imine (C=N–C) groups is 1. The first kappa shape index (κ1) is 28.7. The van der Waals surface area contributed by atoms with E-state index in [-0.39, 0.29) is 11.7 Å². The topological polar surface area (TPSA) is 103 Å². The van der Waals surface area contributed by atoms with Crippen LogP contribution in [0.2, 0.25) is 0 Å². The summed E-state index contributed by atoms with van der Waals surface area (Å²) in [6.07, 6.45) is 6.42. The van der Waals surface area contributed by atoms with Gasteiger partial charge in [0.15, 0.2) is 0 Å². The third kappa shape index (κ3) is 6.65. The second-order valence-corrected chi connectivity index (χ2v) is 13.5. The fraction of sp³-hybridized carbons (Fsp3) is 0.690. The van der Waals surface area contributed by atoms with Crippen molar-refractivity contribution < 1.29 is 19.4 Å². The molecule has 1 saturated carbocycles. The van der Waals surface area contributed by atoms with Gasteiger partial charge in [-0.15, -0.1) is 0 Å². The van der Waals surface area contributed by atoms with E-state index < -0.39 is 17.2 Å². The molecule has 2 heterocycles. The molecule has 3 N–H and O–H groups in total. The van der Waals surface area contributed by atoms with Crippen molar-refractivity contribution >= 4 is 35.5 Å². The van der Waals surface area contributed by atoms with Gasteiger partial charge in [0.2, 0.25) is 0 Å². The zero-order chi connectivity index (χ0) is 27.7. The summed E-state index contributed by atoms with van der Waals surface area (Å²) in [5.41, 5.74) is 2.06. The van der Waals surface area contributed by atoms with Crippen LogP contribution in [0.15, 0.2) is 11.1 Å². The lowest BCUT2D eigenvalue weighted by molar-refractivity contribution is -0.124. The molecule has 2 fully saturated rings. The van der Waals surface area contributed by atoms with E-state index in [4.69, 9.17) is 9.73 Å². The number of piperidine rings is 1. The van der Waals surface area contributed by atoms with Crippen LogP contribution in [0.3, 0.4) is 0 Å². The van der Waals surface area contributed by atoms with Crippen LogP contribution >= 0.6 is 11.9 Å². The van der Waals surface area contributed by atoms with E-state index in [9.17, 15) is 14.7 Å². The Bertz CT molecular complexity index is 1080. The Morgan fingerprint density at radius 3 is 2.53 bits per heavy atom. The van der Waals surface area contributed by atoms with Crippen molar-refractivity contribution in [3.63, 3.8) is 0 Å². The average molecular weight is 545 g/mol. The standard InChI is InChI=1S/C29H44N4O4S/c1-18-7-9-21(10-8-18)25-31-26(35)29(32-25)12-14-33(15-13-29)38-16-11-22-19(2)17-23(24(34)20(22)3)30-27(36)37-28(4,5)6/h17-18,21,34H,7-16H2,1-6H3,(H,30,36)(H,31,32,35). The Labute approximate surface area is 231 Å². The summed E-state index contributed by atoms with van der Waals surface area (Å²) in [7, 11) is 0. The minimum absolute atomic E-state index is 0.0784. The number of phenolic OH excluding ortho intramolecular Hbond substituents is 1. The number of amidine groups is 1. The number of hydrogen-bond donors (Lipinski definition) is 3. The van der Waals surface area contributed by atoms with Gasteiger partial charge in [-0.05, 0) is 95.4 Å². The smallest absolute Gasteiger partial charge is 0.412 e. The van der Waals surface area contributed by atoms with Gasteiger partial charge in [-0.1, -0.05) is 31.7 Å². The molecule has 2 aliphatic heterocycles. The number of aryl methyl sites for hydroxylation is 1. The van der Waals surface area contributed by atoms with Gasteiger partial charge in [-0.2, -0.15) is 0 Å². The van der Waals surface area contributed by atoms with Crippen LogP contribution in [-0.2, 0) is 16.0 Å². The maximum Gasteiger partial charge on any atom is 0.412 e. The van der Waals surface area contributed by atoms with Crippen molar-refractivity contribution in [2.75, 3.05) is 24.2 Å². The average Bonchev–Trinajstić information content (AvgIpc) is 3.15. The monoisotopic (exact) mass is 544 g/mol. The van der Waals surface area contributed by atoms with Crippen LogP contribution in [0.25, 0.3) is 0 Å². The van der Waals surface area contributed by atoms with Gasteiger partial charge >= 0.3 is 6.09 Å². The molecule has 1 saturated heterocycles. The molecule has 38 heavy (non-hydrogen) atoms. The predicted octanol–water partition coefficient (Wildman–Crippen LogP) is 5.74. The molecule has 0 bridgehead atoms. The van der Waals surface area contributed by atoms with Crippen LogP contribution in [0.1, 0.15) is 82.9 Å². The number of benzene rings is 1. The number of nitrogens with one attached hydrogen (secondary N) is 2. The van der Waals surface area contributed by atoms with Crippen LogP contribution in [0.5, 0.6) is 5.75 Å². The lowest BCUT2D eigenvalue weighted by Crippen LogP contribution is -2.47. The van der Waals surface area contributed by atoms with Gasteiger partial charge in [0.25, 0.3) is 5.91 Å². The van der Waals surface area contributed by atoms with Crippen molar-refractivity contribution in [2.24, 2.45) is 16.8 Å². The first-order chi connectivity index (χ1) is 17.9. The number of amides is 2. The molecule has 2 amide bonds. The Hall–Kier alpha value is -2.26. The number of anilines is 1. The number of carbonyl (C=O) groups excluding carboxylic acids is 2. The van der Waals surface area contributed by atoms with Crippen LogP contribution in [0, 0.1) is 25.7 Å². The third-order valence-electron chi connectivity index (χ3n) is 8.11. The van der Waals surface area contributed by atoms with Gasteiger partial charge < -0.3 is 15.2 Å². The molecule has 1 aliphatic carbocycles. The number of ether oxygens (including phenoxy) is 1. The van der Waals surface area contributed by atoms with Crippen molar-refractivity contribution in [1.29, 1.82) is 0 Å². The molecule has 3 aliphatic rings. The van der Waals surface area contributed by atoms with Gasteiger partial charge in [0.05, 0.1) is 5.69 Å². The fourth-order valence-electron chi connectivity index (χ4n) is 5.78. The molecule has 0 atom stereocenters. The highest BCUT2D eigenvalue weighted by Gasteiger charge is 2.47. The zero-order valence-electron chi connectivity index (χ0n) is 23.8. The zero-order valence-corrected chi connectivity index (χ0v) is 24.6. The summed E-state index contributed by atoms with van der Waals surface area (Å²) >= 11 is 1.79. The van der Waals surface area contributed by atoms with E-state index in [1.54, 1.807) is 38.8 Å². The van der Waals surface area contributed by atoms with Crippen LogP contribution in [0.4, 0.5) is 10.5 Å². The van der Waals surface area contributed by atoms with Crippen molar-refractivity contribution in [3.8, 4) is 5.75 Å². The maximum absolute atomic E-state index is 12.9. The summed E-state index contributed by atoms with van der Waals surface area (Å²) in [5.74, 6) is 3.18. The predicted molar refractivity (Wildman–Crippen MR) is 154 cm³/mol. The molecular formula is C29H44N4O4S. The highest BCUT2D eigenvalue weighted by Crippen LogP contribution is 2.37. The number of hydrogen-bond acceptors (Lipinski definition) is 7. The van der Waals surface area contributed by atoms with Crippen LogP contribution in [-0.4, -0.2) is 57.2 Å². The Morgan fingerprint density at radius 2 is 1.89 bits per heavy atom. The molecule has 210 valence electrons. The van der Waals surface area contributed by atoms with E-state index in [2.05, 4.69) is 21.9 Å². The molecule has 8 nitrogen and oxygen atoms in total. The van der Waals surface area contributed by atoms with E-state index in [0.29, 0.717) is 11.6 Å². The Morgan fingerprint density at radius 1 is 1.24 bits per heavy atom. The molecule has 4 rings (SSSR count). The summed E-state index contributed by atoms with van der Waals surface area (Å²) in [5, 5.41) is 16.6. The summed E-state index contributed by atoms with van der Waals surface area (Å²) in [6, 6.07) is 1.80. The normalized spacial score (nSPS) is 23.7. The number of rotatable bonds is 6. The first-order valence-electron chi connectivity index (χ1n) is 14.0. The second kappa shape index (κ2) is 11.5. The summed E-state index contributed by atoms with van der Waals surface area (Å²) in [6.45, 7) is 13.3. The summed E-state index contributed by atoms with van der Waals surface area (Å²) in [4.78, 5) is 30.1. The molecule has 1 spiro atoms. The molecular weight excluding hydrogens is 500 g/mol. The third-order valence-corrected chi connectivity index (χ3v) is 9.23. The molecule has 0 unspecified atom stereocenters. The molecule has 9 heteroatoms. The van der Waals surface area contributed by atoms with Crippen LogP contribution < -0.4 is 10.6 Å². The largest absolute Gasteiger partial charge is 0.505 e. The van der Waals surface area contributed by atoms with E-state index >= 15 is 0 Å². The van der Waals surface area contributed by atoms with Crippen molar-refractivity contribution in [1.82, 2.24) is 9.62 Å². The number of phenols is 1. The number of carbonyl (C=O) groups is 2. The second-order valence-electron chi connectivity index (χ2n) is 12.3. The number of nitrogens with zero attached hydrogens (tertiary/aromatic N) is 2. The van der Waals surface area contributed by atoms with Gasteiger partial charge in [-0.3, -0.25) is 19.4 Å². The quantitative estimate of drug-likeness (QED) is 0.312. The highest BCUT2D eigenvalue weighted by molar-refractivity contribution is 7.97. The minimum atomic E-state index is -0.612. The van der Waals surface area contributed by atoms with Gasteiger partial charge in [0.1, 0.15) is 22.7 Å². The molecule has 1 aromatic rings. The summed E-state index contributed by atoms with van der Waals surface area (Å²) < 4.78 is 7.66. The number of aromatic hydroxyl groups is 1. The lowest BCUT2D eigenvalue weighted by atomic mass is 9.82.